The molecule has 0 radical (unpaired) electrons. The van der Waals surface area contributed by atoms with Crippen LogP contribution >= 0.6 is 0 Å². The SMILES string of the molecule is c1cnc(N2CCN(c3nncc(NC4CC4)n3)CC2)nc1. The molecule has 1 aliphatic heterocycles. The van der Waals surface area contributed by atoms with Crippen LogP contribution < -0.4 is 15.1 Å². The molecule has 8 nitrogen and oxygen atoms in total. The van der Waals surface area contributed by atoms with Crippen LogP contribution in [0.4, 0.5) is 17.7 Å². The summed E-state index contributed by atoms with van der Waals surface area (Å²) in [5, 5.41) is 11.6. The van der Waals surface area contributed by atoms with E-state index in [1.807, 2.05) is 6.07 Å². The van der Waals surface area contributed by atoms with Gasteiger partial charge >= 0.3 is 0 Å². The van der Waals surface area contributed by atoms with Gasteiger partial charge in [-0.3, -0.25) is 0 Å². The monoisotopic (exact) mass is 298 g/mol. The lowest BCUT2D eigenvalue weighted by Gasteiger charge is -2.34. The minimum absolute atomic E-state index is 0.566. The van der Waals surface area contributed by atoms with Gasteiger partial charge in [0, 0.05) is 44.6 Å². The molecule has 0 amide bonds. The van der Waals surface area contributed by atoms with Crippen molar-refractivity contribution >= 4 is 17.7 Å². The van der Waals surface area contributed by atoms with E-state index in [1.54, 1.807) is 18.6 Å². The number of hydrogen-bond acceptors (Lipinski definition) is 8. The van der Waals surface area contributed by atoms with Crippen LogP contribution in [0, 0.1) is 0 Å². The fourth-order valence-corrected chi connectivity index (χ4v) is 2.50. The molecule has 0 atom stereocenters. The van der Waals surface area contributed by atoms with Crippen molar-refractivity contribution in [3.8, 4) is 0 Å². The second kappa shape index (κ2) is 5.70. The van der Waals surface area contributed by atoms with Gasteiger partial charge in [-0.05, 0) is 18.9 Å². The second-order valence-electron chi connectivity index (χ2n) is 5.58. The molecule has 0 bridgehead atoms. The summed E-state index contributed by atoms with van der Waals surface area (Å²) >= 11 is 0. The van der Waals surface area contributed by atoms with Gasteiger partial charge in [0.1, 0.15) is 0 Å². The van der Waals surface area contributed by atoms with Crippen LogP contribution in [0.5, 0.6) is 0 Å². The van der Waals surface area contributed by atoms with Gasteiger partial charge in [0.25, 0.3) is 0 Å². The first-order chi connectivity index (χ1) is 10.9. The molecule has 8 heteroatoms. The third-order valence-corrected chi connectivity index (χ3v) is 3.87. The fraction of sp³-hybridized carbons (Fsp3) is 0.500. The van der Waals surface area contributed by atoms with Crippen molar-refractivity contribution < 1.29 is 0 Å². The van der Waals surface area contributed by atoms with Crippen molar-refractivity contribution in [2.75, 3.05) is 41.3 Å². The molecular weight excluding hydrogens is 280 g/mol. The maximum absolute atomic E-state index is 4.57. The molecule has 2 aromatic rings. The first-order valence-corrected chi connectivity index (χ1v) is 7.62. The zero-order valence-corrected chi connectivity index (χ0v) is 12.3. The minimum atomic E-state index is 0.566. The Morgan fingerprint density at radius 2 is 1.64 bits per heavy atom. The third-order valence-electron chi connectivity index (χ3n) is 3.87. The van der Waals surface area contributed by atoms with Gasteiger partial charge in [-0.25, -0.2) is 9.97 Å². The van der Waals surface area contributed by atoms with Crippen LogP contribution in [0.1, 0.15) is 12.8 Å². The molecule has 0 aromatic carbocycles. The second-order valence-corrected chi connectivity index (χ2v) is 5.58. The molecule has 1 N–H and O–H groups in total. The van der Waals surface area contributed by atoms with Crippen molar-refractivity contribution in [1.82, 2.24) is 25.1 Å². The number of anilines is 3. The molecule has 2 aliphatic rings. The van der Waals surface area contributed by atoms with Gasteiger partial charge in [-0.2, -0.15) is 10.1 Å². The van der Waals surface area contributed by atoms with Crippen LogP contribution in [-0.2, 0) is 0 Å². The van der Waals surface area contributed by atoms with Crippen LogP contribution in [0.15, 0.2) is 24.7 Å². The molecule has 3 heterocycles. The van der Waals surface area contributed by atoms with E-state index in [9.17, 15) is 0 Å². The normalized spacial score (nSPS) is 18.4. The largest absolute Gasteiger partial charge is 0.366 e. The highest BCUT2D eigenvalue weighted by atomic mass is 15.4. The zero-order chi connectivity index (χ0) is 14.8. The summed E-state index contributed by atoms with van der Waals surface area (Å²) in [6.07, 6.45) is 7.67. The molecule has 22 heavy (non-hydrogen) atoms. The smallest absolute Gasteiger partial charge is 0.247 e. The number of rotatable bonds is 4. The third kappa shape index (κ3) is 2.90. The van der Waals surface area contributed by atoms with Gasteiger partial charge < -0.3 is 15.1 Å². The lowest BCUT2D eigenvalue weighted by atomic mass is 10.3. The van der Waals surface area contributed by atoms with Crippen LogP contribution in [0.25, 0.3) is 0 Å². The molecule has 0 spiro atoms. The Hall–Kier alpha value is -2.51. The van der Waals surface area contributed by atoms with Gasteiger partial charge in [-0.1, -0.05) is 0 Å². The van der Waals surface area contributed by atoms with Gasteiger partial charge in [0.05, 0.1) is 6.20 Å². The van der Waals surface area contributed by atoms with Crippen LogP contribution in [-0.4, -0.2) is 57.4 Å². The standard InChI is InChI=1S/C14H18N8/c1-4-15-13(16-5-1)21-6-8-22(9-7-21)14-19-12(10-17-20-14)18-11-2-3-11/h1,4-5,10-11H,2-3,6-9H2,(H,18,19,20). The molecule has 0 unspecified atom stereocenters. The van der Waals surface area contributed by atoms with Crippen molar-refractivity contribution in [2.24, 2.45) is 0 Å². The Morgan fingerprint density at radius 1 is 0.955 bits per heavy atom. The van der Waals surface area contributed by atoms with Crippen molar-refractivity contribution in [3.05, 3.63) is 24.7 Å². The summed E-state index contributed by atoms with van der Waals surface area (Å²) in [6.45, 7) is 3.39. The highest BCUT2D eigenvalue weighted by molar-refractivity contribution is 5.42. The molecular formula is C14H18N8. The first-order valence-electron chi connectivity index (χ1n) is 7.62. The fourth-order valence-electron chi connectivity index (χ4n) is 2.50. The molecule has 1 saturated carbocycles. The number of hydrogen-bond donors (Lipinski definition) is 1. The Bertz CT molecular complexity index is 622. The van der Waals surface area contributed by atoms with E-state index < -0.39 is 0 Å². The van der Waals surface area contributed by atoms with E-state index >= 15 is 0 Å². The van der Waals surface area contributed by atoms with Crippen LogP contribution in [0.3, 0.4) is 0 Å². The molecule has 2 aromatic heterocycles. The number of nitrogens with one attached hydrogen (secondary N) is 1. The summed E-state index contributed by atoms with van der Waals surface area (Å²) in [4.78, 5) is 17.5. The Kier molecular flexibility index (Phi) is 3.42. The Morgan fingerprint density at radius 3 is 2.32 bits per heavy atom. The van der Waals surface area contributed by atoms with E-state index in [-0.39, 0.29) is 0 Å². The number of aromatic nitrogens is 5. The maximum atomic E-state index is 4.57. The zero-order valence-electron chi connectivity index (χ0n) is 12.3. The maximum Gasteiger partial charge on any atom is 0.247 e. The molecule has 1 saturated heterocycles. The highest BCUT2D eigenvalue weighted by Gasteiger charge is 2.23. The van der Waals surface area contributed by atoms with Gasteiger partial charge in [0.2, 0.25) is 11.9 Å². The van der Waals surface area contributed by atoms with Crippen molar-refractivity contribution in [3.63, 3.8) is 0 Å². The summed E-state index contributed by atoms with van der Waals surface area (Å²) in [5.74, 6) is 2.30. The minimum Gasteiger partial charge on any atom is -0.366 e. The summed E-state index contributed by atoms with van der Waals surface area (Å²) in [6, 6.07) is 2.40. The number of piperazine rings is 1. The first kappa shape index (κ1) is 13.2. The van der Waals surface area contributed by atoms with Crippen molar-refractivity contribution in [2.45, 2.75) is 18.9 Å². The number of nitrogens with zero attached hydrogens (tertiary/aromatic N) is 7. The van der Waals surface area contributed by atoms with E-state index in [2.05, 4.69) is 40.3 Å². The van der Waals surface area contributed by atoms with E-state index in [1.165, 1.54) is 12.8 Å². The summed E-state index contributed by atoms with van der Waals surface area (Å²) in [7, 11) is 0. The molecule has 114 valence electrons. The molecule has 2 fully saturated rings. The molecule has 1 aliphatic carbocycles. The van der Waals surface area contributed by atoms with Crippen molar-refractivity contribution in [1.29, 1.82) is 0 Å². The van der Waals surface area contributed by atoms with Gasteiger partial charge in [0.15, 0.2) is 5.82 Å². The lowest BCUT2D eigenvalue weighted by molar-refractivity contribution is 0.623. The Labute approximate surface area is 128 Å². The van der Waals surface area contributed by atoms with Crippen LogP contribution in [0.2, 0.25) is 0 Å². The average Bonchev–Trinajstić information content (AvgIpc) is 3.40. The average molecular weight is 298 g/mol. The summed E-state index contributed by atoms with van der Waals surface area (Å²) < 4.78 is 0. The summed E-state index contributed by atoms with van der Waals surface area (Å²) in [5.41, 5.74) is 0. The molecule has 4 rings (SSSR count). The van der Waals surface area contributed by atoms with E-state index in [0.717, 1.165) is 37.9 Å². The van der Waals surface area contributed by atoms with Gasteiger partial charge in [-0.15, -0.1) is 5.10 Å². The predicted octanol–water partition coefficient (Wildman–Crippen LogP) is 0.562. The Balaban J connectivity index is 1.40. The topological polar surface area (TPSA) is 83.0 Å². The highest BCUT2D eigenvalue weighted by Crippen LogP contribution is 2.24. The predicted molar refractivity (Wildman–Crippen MR) is 82.9 cm³/mol. The lowest BCUT2D eigenvalue weighted by Crippen LogP contribution is -2.47. The van der Waals surface area contributed by atoms with E-state index in [4.69, 9.17) is 0 Å². The quantitative estimate of drug-likeness (QED) is 0.877. The van der Waals surface area contributed by atoms with E-state index in [0.29, 0.717) is 12.0 Å².